The van der Waals surface area contributed by atoms with Gasteiger partial charge in [0, 0.05) is 34.0 Å². The Bertz CT molecular complexity index is 1620. The van der Waals surface area contributed by atoms with E-state index in [2.05, 4.69) is 17.1 Å². The maximum atomic E-state index is 13.7. The third-order valence-corrected chi connectivity index (χ3v) is 12.5. The molecule has 1 aromatic heterocycles. The van der Waals surface area contributed by atoms with Crippen molar-refractivity contribution >= 4 is 52.5 Å². The van der Waals surface area contributed by atoms with Crippen molar-refractivity contribution in [2.75, 3.05) is 6.54 Å². The number of carbonyl (C=O) groups is 3. The molecule has 3 aromatic rings. The van der Waals surface area contributed by atoms with Crippen molar-refractivity contribution in [2.45, 2.75) is 54.9 Å². The van der Waals surface area contributed by atoms with E-state index >= 15 is 0 Å². The zero-order chi connectivity index (χ0) is 29.8. The molecule has 0 spiro atoms. The zero-order valence-corrected chi connectivity index (χ0v) is 25.6. The highest BCUT2D eigenvalue weighted by Gasteiger charge is 2.69. The van der Waals surface area contributed by atoms with Gasteiger partial charge in [-0.15, -0.1) is 11.8 Å². The Balaban J connectivity index is 1.12. The number of aromatic nitrogens is 1. The SMILES string of the molecule is O=C(O)CCCCCN1C(=O)C2C3CC(C2C1=O)C1C3Sc2[nH]c(=O)sc2[C@@H]1c1ccc(OCc2ccc(Cl)cc2)cc1. The zero-order valence-electron chi connectivity index (χ0n) is 23.2. The number of unbranched alkanes of at least 4 members (excludes halogenated alkanes) is 2. The number of imide groups is 1. The molecule has 2 amide bonds. The highest BCUT2D eigenvalue weighted by atomic mass is 35.5. The van der Waals surface area contributed by atoms with Crippen LogP contribution in [0.15, 0.2) is 58.4 Å². The number of benzene rings is 2. The second-order valence-corrected chi connectivity index (χ2v) is 14.6. The second-order valence-electron chi connectivity index (χ2n) is 12.0. The molecule has 2 bridgehead atoms. The highest BCUT2D eigenvalue weighted by Crippen LogP contribution is 2.68. The van der Waals surface area contributed by atoms with Crippen LogP contribution in [0.1, 0.15) is 54.0 Å². The second kappa shape index (κ2) is 11.4. The number of thiazole rings is 1. The number of ether oxygens (including phenoxy) is 1. The molecular formula is C32H31ClN2O6S2. The van der Waals surface area contributed by atoms with Crippen LogP contribution in [-0.2, 0) is 21.0 Å². The number of thioether (sulfide) groups is 1. The smallest absolute Gasteiger partial charge is 0.305 e. The molecule has 2 aromatic carbocycles. The first-order valence-corrected chi connectivity index (χ1v) is 16.8. The topological polar surface area (TPSA) is 117 Å². The summed E-state index contributed by atoms with van der Waals surface area (Å²) in [6.45, 7) is 0.775. The first-order valence-electron chi connectivity index (χ1n) is 14.7. The monoisotopic (exact) mass is 638 g/mol. The van der Waals surface area contributed by atoms with Crippen LogP contribution in [0.4, 0.5) is 0 Å². The number of hydrogen-bond donors (Lipinski definition) is 2. The van der Waals surface area contributed by atoms with Crippen LogP contribution in [0.25, 0.3) is 0 Å². The van der Waals surface area contributed by atoms with E-state index in [1.54, 1.807) is 11.8 Å². The van der Waals surface area contributed by atoms with E-state index in [0.717, 1.165) is 33.2 Å². The predicted octanol–water partition coefficient (Wildman–Crippen LogP) is 5.79. The Labute approximate surface area is 261 Å². The summed E-state index contributed by atoms with van der Waals surface area (Å²) in [6.07, 6.45) is 2.77. The fourth-order valence-electron chi connectivity index (χ4n) is 7.91. The van der Waals surface area contributed by atoms with Crippen molar-refractivity contribution < 1.29 is 24.2 Å². The Morgan fingerprint density at radius 1 is 0.977 bits per heavy atom. The number of carbonyl (C=O) groups excluding carboxylic acids is 2. The molecule has 2 saturated carbocycles. The van der Waals surface area contributed by atoms with E-state index in [9.17, 15) is 19.2 Å². The van der Waals surface area contributed by atoms with Gasteiger partial charge in [0.15, 0.2) is 0 Å². The molecule has 1 saturated heterocycles. The minimum Gasteiger partial charge on any atom is -0.489 e. The number of likely N-dealkylation sites (tertiary alicyclic amines) is 1. The van der Waals surface area contributed by atoms with Gasteiger partial charge in [0.05, 0.1) is 16.9 Å². The number of hydrogen-bond acceptors (Lipinski definition) is 7. The van der Waals surface area contributed by atoms with Crippen molar-refractivity contribution in [2.24, 2.45) is 29.6 Å². The molecule has 3 heterocycles. The predicted molar refractivity (Wildman–Crippen MR) is 164 cm³/mol. The maximum absolute atomic E-state index is 13.7. The fraction of sp³-hybridized carbons (Fsp3) is 0.438. The van der Waals surface area contributed by atoms with Gasteiger partial charge in [0.1, 0.15) is 12.4 Å². The average Bonchev–Trinajstić information content (AvgIpc) is 3.72. The van der Waals surface area contributed by atoms with Crippen molar-refractivity contribution in [3.63, 3.8) is 0 Å². The molecule has 4 aliphatic rings. The Hall–Kier alpha value is -3.08. The molecule has 7 rings (SSSR count). The normalized spacial score (nSPS) is 28.6. The standard InChI is InChI=1S/C32H31ClN2O6S2/c33-18-9-5-16(6-10-18)15-41-19-11-7-17(8-12-19)23-24-20-14-21(27(24)42-29-28(23)43-32(40)34-29)26-25(20)30(38)35(31(26)39)13-3-1-2-4-22(36)37/h5-12,20-21,23-27H,1-4,13-15H2,(H,34,40)(H,36,37)/t20?,21?,23-,24?,25?,26?,27?/m1/s1. The van der Waals surface area contributed by atoms with Gasteiger partial charge in [-0.3, -0.25) is 24.1 Å². The van der Waals surface area contributed by atoms with Crippen LogP contribution in [0, 0.1) is 29.6 Å². The molecule has 7 atom stereocenters. The van der Waals surface area contributed by atoms with Gasteiger partial charge >= 0.3 is 10.8 Å². The summed E-state index contributed by atoms with van der Waals surface area (Å²) in [6, 6.07) is 15.6. The third-order valence-electron chi connectivity index (χ3n) is 9.65. The summed E-state index contributed by atoms with van der Waals surface area (Å²) >= 11 is 8.93. The van der Waals surface area contributed by atoms with Crippen LogP contribution < -0.4 is 9.61 Å². The molecule has 3 fully saturated rings. The highest BCUT2D eigenvalue weighted by molar-refractivity contribution is 8.00. The van der Waals surface area contributed by atoms with Crippen LogP contribution in [0.5, 0.6) is 5.75 Å². The minimum absolute atomic E-state index is 0.0422. The fourth-order valence-corrected chi connectivity index (χ4v) is 10.9. The van der Waals surface area contributed by atoms with Gasteiger partial charge in [-0.1, -0.05) is 53.6 Å². The van der Waals surface area contributed by atoms with Crippen LogP contribution in [0.2, 0.25) is 5.02 Å². The van der Waals surface area contributed by atoms with E-state index in [1.807, 2.05) is 36.4 Å². The first-order chi connectivity index (χ1) is 20.8. The molecule has 43 heavy (non-hydrogen) atoms. The van der Waals surface area contributed by atoms with Gasteiger partial charge in [0.2, 0.25) is 11.8 Å². The van der Waals surface area contributed by atoms with Crippen LogP contribution in [-0.4, -0.2) is 44.6 Å². The molecule has 224 valence electrons. The van der Waals surface area contributed by atoms with Gasteiger partial charge in [0.25, 0.3) is 0 Å². The van der Waals surface area contributed by atoms with Crippen molar-refractivity contribution in [3.8, 4) is 5.75 Å². The summed E-state index contributed by atoms with van der Waals surface area (Å²) in [7, 11) is 0. The Kier molecular flexibility index (Phi) is 7.63. The largest absolute Gasteiger partial charge is 0.489 e. The van der Waals surface area contributed by atoms with Crippen molar-refractivity contribution in [1.29, 1.82) is 0 Å². The quantitative estimate of drug-likeness (QED) is 0.213. The lowest BCUT2D eigenvalue weighted by molar-refractivity contribution is -0.141. The molecule has 0 radical (unpaired) electrons. The lowest BCUT2D eigenvalue weighted by Crippen LogP contribution is -2.42. The van der Waals surface area contributed by atoms with Crippen LogP contribution >= 0.6 is 34.7 Å². The van der Waals surface area contributed by atoms with E-state index in [-0.39, 0.29) is 63.9 Å². The number of halogens is 1. The Morgan fingerprint density at radius 2 is 1.70 bits per heavy atom. The number of amides is 2. The van der Waals surface area contributed by atoms with E-state index in [0.29, 0.717) is 37.4 Å². The summed E-state index contributed by atoms with van der Waals surface area (Å²) < 4.78 is 6.02. The molecule has 8 nitrogen and oxygen atoms in total. The lowest BCUT2D eigenvalue weighted by atomic mass is 9.68. The lowest BCUT2D eigenvalue weighted by Gasteiger charge is -2.43. The molecule has 2 N–H and O–H groups in total. The van der Waals surface area contributed by atoms with Crippen molar-refractivity contribution in [1.82, 2.24) is 9.88 Å². The van der Waals surface area contributed by atoms with Gasteiger partial charge in [-0.25, -0.2) is 0 Å². The maximum Gasteiger partial charge on any atom is 0.305 e. The van der Waals surface area contributed by atoms with E-state index in [1.165, 1.54) is 16.2 Å². The molecule has 2 aliphatic heterocycles. The molecule has 2 aliphatic carbocycles. The number of nitrogens with zero attached hydrogens (tertiary/aromatic N) is 1. The number of fused-ring (bicyclic) bond motifs is 9. The van der Waals surface area contributed by atoms with Gasteiger partial charge in [-0.05, 0) is 72.4 Å². The van der Waals surface area contributed by atoms with Crippen molar-refractivity contribution in [3.05, 3.63) is 79.2 Å². The summed E-state index contributed by atoms with van der Waals surface area (Å²) in [5.74, 6) is -0.596. The average molecular weight is 639 g/mol. The van der Waals surface area contributed by atoms with E-state index < -0.39 is 5.97 Å². The van der Waals surface area contributed by atoms with Crippen LogP contribution in [0.3, 0.4) is 0 Å². The number of aromatic amines is 1. The summed E-state index contributed by atoms with van der Waals surface area (Å²) in [5, 5.41) is 10.6. The number of aliphatic carboxylic acids is 1. The van der Waals surface area contributed by atoms with E-state index in [4.69, 9.17) is 21.4 Å². The van der Waals surface area contributed by atoms with Gasteiger partial charge in [-0.2, -0.15) is 0 Å². The number of nitrogens with one attached hydrogen (secondary N) is 1. The number of rotatable bonds is 10. The number of H-pyrrole nitrogens is 1. The number of carboxylic acids is 1. The Morgan fingerprint density at radius 3 is 2.42 bits per heavy atom. The minimum atomic E-state index is -0.830. The molecule has 6 unspecified atom stereocenters. The molecule has 11 heteroatoms. The first kappa shape index (κ1) is 28.7. The summed E-state index contributed by atoms with van der Waals surface area (Å²) in [4.78, 5) is 56.1. The third kappa shape index (κ3) is 5.11. The number of carboxylic acid groups (broad SMARTS) is 1. The molecular weight excluding hydrogens is 608 g/mol. The summed E-state index contributed by atoms with van der Waals surface area (Å²) in [5.41, 5.74) is 2.10. The van der Waals surface area contributed by atoms with Gasteiger partial charge < -0.3 is 14.8 Å².